The van der Waals surface area contributed by atoms with Gasteiger partial charge in [-0.05, 0) is 4.92 Å². The number of ether oxygens (including phenoxy) is 1. The highest BCUT2D eigenvalue weighted by atomic mass is 32.1. The van der Waals surface area contributed by atoms with Crippen LogP contribution in [0.3, 0.4) is 0 Å². The molecular formula is C9H10N4O3S. The third-order valence-electron chi connectivity index (χ3n) is 2.70. The zero-order valence-corrected chi connectivity index (χ0v) is 9.72. The van der Waals surface area contributed by atoms with Gasteiger partial charge in [-0.1, -0.05) is 11.3 Å². The van der Waals surface area contributed by atoms with Crippen LogP contribution in [0, 0.1) is 10.1 Å². The van der Waals surface area contributed by atoms with Gasteiger partial charge in [0.1, 0.15) is 6.20 Å². The fraction of sp³-hybridized carbons (Fsp3) is 0.444. The standard InChI is InChI=1S/C9H10N4O3S/c14-13(15)8-7(11-1-4-16-5-2-11)10-9-12(8)3-6-17-9/h3,6H,1-2,4-5H2. The first-order valence-electron chi connectivity index (χ1n) is 5.20. The van der Waals surface area contributed by atoms with Gasteiger partial charge in [0.15, 0.2) is 0 Å². The Morgan fingerprint density at radius 2 is 2.24 bits per heavy atom. The lowest BCUT2D eigenvalue weighted by atomic mass is 10.4. The van der Waals surface area contributed by atoms with Gasteiger partial charge in [0.2, 0.25) is 5.82 Å². The van der Waals surface area contributed by atoms with Crippen molar-refractivity contribution in [2.24, 2.45) is 0 Å². The van der Waals surface area contributed by atoms with Gasteiger partial charge < -0.3 is 19.8 Å². The van der Waals surface area contributed by atoms with Crippen molar-refractivity contribution in [1.29, 1.82) is 0 Å². The van der Waals surface area contributed by atoms with Crippen LogP contribution in [0.2, 0.25) is 0 Å². The topological polar surface area (TPSA) is 72.9 Å². The van der Waals surface area contributed by atoms with Gasteiger partial charge in [-0.2, -0.15) is 9.38 Å². The zero-order chi connectivity index (χ0) is 11.8. The monoisotopic (exact) mass is 254 g/mol. The molecule has 2 aromatic rings. The molecule has 0 spiro atoms. The lowest BCUT2D eigenvalue weighted by molar-refractivity contribution is -0.389. The Kier molecular flexibility index (Phi) is 2.45. The molecule has 0 N–H and O–H groups in total. The van der Waals surface area contributed by atoms with Crippen molar-refractivity contribution in [2.45, 2.75) is 0 Å². The van der Waals surface area contributed by atoms with E-state index in [0.29, 0.717) is 37.1 Å². The fourth-order valence-corrected chi connectivity index (χ4v) is 2.62. The van der Waals surface area contributed by atoms with E-state index < -0.39 is 0 Å². The lowest BCUT2D eigenvalue weighted by Gasteiger charge is -2.25. The second kappa shape index (κ2) is 3.97. The molecule has 8 heteroatoms. The van der Waals surface area contributed by atoms with E-state index in [0.717, 1.165) is 0 Å². The minimum atomic E-state index is -0.377. The molecule has 7 nitrogen and oxygen atoms in total. The van der Waals surface area contributed by atoms with E-state index in [4.69, 9.17) is 4.74 Å². The molecular weight excluding hydrogens is 244 g/mol. The van der Waals surface area contributed by atoms with Crippen molar-refractivity contribution in [1.82, 2.24) is 9.38 Å². The van der Waals surface area contributed by atoms with Gasteiger partial charge in [0.05, 0.1) is 13.2 Å². The first-order chi connectivity index (χ1) is 8.27. The second-order valence-electron chi connectivity index (χ2n) is 3.67. The number of aromatic nitrogens is 2. The predicted molar refractivity (Wildman–Crippen MR) is 62.8 cm³/mol. The maximum atomic E-state index is 11.1. The van der Waals surface area contributed by atoms with Gasteiger partial charge in [0.25, 0.3) is 4.96 Å². The Morgan fingerprint density at radius 3 is 2.94 bits per heavy atom. The number of nitrogens with zero attached hydrogens (tertiary/aromatic N) is 4. The summed E-state index contributed by atoms with van der Waals surface area (Å²) in [5.74, 6) is 0.494. The molecule has 1 aliphatic heterocycles. The summed E-state index contributed by atoms with van der Waals surface area (Å²) in [5.41, 5.74) is 0. The predicted octanol–water partition coefficient (Wildman–Crippen LogP) is 1.14. The van der Waals surface area contributed by atoms with Crippen LogP contribution < -0.4 is 4.90 Å². The van der Waals surface area contributed by atoms with E-state index in [1.807, 2.05) is 4.90 Å². The van der Waals surface area contributed by atoms with Crippen LogP contribution in [0.1, 0.15) is 0 Å². The smallest absolute Gasteiger partial charge is 0.373 e. The lowest BCUT2D eigenvalue weighted by Crippen LogP contribution is -2.36. The number of rotatable bonds is 2. The molecule has 17 heavy (non-hydrogen) atoms. The second-order valence-corrected chi connectivity index (χ2v) is 4.54. The SMILES string of the molecule is O=[N+]([O-])c1c(N2CCOCC2)nc2sccn12. The third-order valence-corrected chi connectivity index (χ3v) is 3.46. The molecule has 3 heterocycles. The number of morpholine rings is 1. The summed E-state index contributed by atoms with van der Waals surface area (Å²) < 4.78 is 6.76. The van der Waals surface area contributed by atoms with Crippen molar-refractivity contribution in [3.05, 3.63) is 21.7 Å². The number of hydrogen-bond donors (Lipinski definition) is 0. The van der Waals surface area contributed by atoms with Crippen LogP contribution in [0.5, 0.6) is 0 Å². The molecule has 2 aromatic heterocycles. The Bertz CT molecular complexity index is 558. The summed E-state index contributed by atoms with van der Waals surface area (Å²) in [4.78, 5) is 17.6. The normalized spacial score (nSPS) is 16.6. The van der Waals surface area contributed by atoms with Crippen LogP contribution in [0.15, 0.2) is 11.6 Å². The number of imidazole rings is 1. The zero-order valence-electron chi connectivity index (χ0n) is 8.90. The first-order valence-corrected chi connectivity index (χ1v) is 6.08. The maximum Gasteiger partial charge on any atom is 0.373 e. The van der Waals surface area contributed by atoms with E-state index in [2.05, 4.69) is 4.98 Å². The molecule has 90 valence electrons. The summed E-state index contributed by atoms with van der Waals surface area (Å²) in [6.07, 6.45) is 1.68. The Labute approximate surface area is 100 Å². The Balaban J connectivity index is 2.10. The summed E-state index contributed by atoms with van der Waals surface area (Å²) in [5, 5.41) is 12.9. The van der Waals surface area contributed by atoms with E-state index in [1.165, 1.54) is 15.7 Å². The molecule has 1 fully saturated rings. The van der Waals surface area contributed by atoms with Crippen LogP contribution in [0.25, 0.3) is 4.96 Å². The van der Waals surface area contributed by atoms with E-state index >= 15 is 0 Å². The molecule has 0 saturated carbocycles. The van der Waals surface area contributed by atoms with Gasteiger partial charge in [0, 0.05) is 18.5 Å². The minimum absolute atomic E-state index is 0.0446. The van der Waals surface area contributed by atoms with Gasteiger partial charge in [-0.3, -0.25) is 0 Å². The van der Waals surface area contributed by atoms with Crippen molar-refractivity contribution >= 4 is 27.9 Å². The largest absolute Gasteiger partial charge is 0.378 e. The minimum Gasteiger partial charge on any atom is -0.378 e. The molecule has 0 atom stereocenters. The summed E-state index contributed by atoms with van der Waals surface area (Å²) >= 11 is 1.39. The van der Waals surface area contributed by atoms with Gasteiger partial charge in [-0.25, -0.2) is 0 Å². The third kappa shape index (κ3) is 1.65. The van der Waals surface area contributed by atoms with Crippen LogP contribution in [-0.2, 0) is 4.74 Å². The fourth-order valence-electron chi connectivity index (χ4n) is 1.92. The quantitative estimate of drug-likeness (QED) is 0.593. The molecule has 0 radical (unpaired) electrons. The first kappa shape index (κ1) is 10.5. The van der Waals surface area contributed by atoms with Crippen molar-refractivity contribution in [3.8, 4) is 0 Å². The average molecular weight is 254 g/mol. The molecule has 1 aliphatic rings. The highest BCUT2D eigenvalue weighted by Gasteiger charge is 2.28. The molecule has 0 aliphatic carbocycles. The van der Waals surface area contributed by atoms with Crippen LogP contribution >= 0.6 is 11.3 Å². The van der Waals surface area contributed by atoms with E-state index in [9.17, 15) is 10.1 Å². The number of fused-ring (bicyclic) bond motifs is 1. The summed E-state index contributed by atoms with van der Waals surface area (Å²) in [6.45, 7) is 2.46. The molecule has 3 rings (SSSR count). The maximum absolute atomic E-state index is 11.1. The highest BCUT2D eigenvalue weighted by molar-refractivity contribution is 7.15. The van der Waals surface area contributed by atoms with Crippen molar-refractivity contribution < 1.29 is 9.66 Å². The molecule has 0 bridgehead atoms. The van der Waals surface area contributed by atoms with Crippen LogP contribution in [-0.4, -0.2) is 40.6 Å². The van der Waals surface area contributed by atoms with Crippen molar-refractivity contribution in [3.63, 3.8) is 0 Å². The molecule has 0 aromatic carbocycles. The van der Waals surface area contributed by atoms with Crippen LogP contribution in [0.4, 0.5) is 11.6 Å². The van der Waals surface area contributed by atoms with E-state index in [-0.39, 0.29) is 10.7 Å². The van der Waals surface area contributed by atoms with Gasteiger partial charge >= 0.3 is 5.82 Å². The Hall–Kier alpha value is -1.67. The number of nitro groups is 1. The highest BCUT2D eigenvalue weighted by Crippen LogP contribution is 2.31. The average Bonchev–Trinajstić information content (AvgIpc) is 2.88. The van der Waals surface area contributed by atoms with Gasteiger partial charge in [-0.15, -0.1) is 0 Å². The molecule has 0 amide bonds. The Morgan fingerprint density at radius 1 is 1.47 bits per heavy atom. The van der Waals surface area contributed by atoms with E-state index in [1.54, 1.807) is 11.6 Å². The number of hydrogen-bond acceptors (Lipinski definition) is 6. The molecule has 0 unspecified atom stereocenters. The van der Waals surface area contributed by atoms with Crippen molar-refractivity contribution in [2.75, 3.05) is 31.2 Å². The summed E-state index contributed by atoms with van der Waals surface area (Å²) in [6, 6.07) is 0. The number of thiazole rings is 1. The number of anilines is 1. The summed E-state index contributed by atoms with van der Waals surface area (Å²) in [7, 11) is 0. The molecule has 1 saturated heterocycles.